The zero-order chi connectivity index (χ0) is 23.8. The normalized spacial score (nSPS) is 25.4. The molecule has 2 fully saturated rings. The minimum absolute atomic E-state index is 0.0263. The standard InChI is InChI=1S/C25H46N4O2/c1-18(30)28(20-14-22(3,4)26-23(5,6)15-20)12-11-13-29(19(2)31)21-16-24(7,8)27-25(9,10)17-21/h11-12,20-21,26-27H,13-17H2,1-10H3. The number of piperidine rings is 2. The second kappa shape index (κ2) is 8.86. The number of rotatable bonds is 5. The van der Waals surface area contributed by atoms with E-state index < -0.39 is 0 Å². The molecule has 0 aromatic rings. The highest BCUT2D eigenvalue weighted by atomic mass is 16.2. The molecule has 0 saturated carbocycles. The van der Waals surface area contributed by atoms with Gasteiger partial charge in [0.2, 0.25) is 11.8 Å². The Labute approximate surface area is 190 Å². The highest BCUT2D eigenvalue weighted by Crippen LogP contribution is 2.33. The fraction of sp³-hybridized carbons (Fsp3) is 0.840. The third kappa shape index (κ3) is 7.31. The largest absolute Gasteiger partial charge is 0.336 e. The van der Waals surface area contributed by atoms with Gasteiger partial charge < -0.3 is 20.4 Å². The van der Waals surface area contributed by atoms with E-state index in [1.54, 1.807) is 13.8 Å². The van der Waals surface area contributed by atoms with E-state index in [1.807, 2.05) is 22.1 Å². The lowest BCUT2D eigenvalue weighted by molar-refractivity contribution is -0.132. The Morgan fingerprint density at radius 2 is 1.13 bits per heavy atom. The number of hydrogen-bond acceptors (Lipinski definition) is 4. The molecular formula is C25H46N4O2. The van der Waals surface area contributed by atoms with Crippen LogP contribution in [-0.4, -0.2) is 62.4 Å². The summed E-state index contributed by atoms with van der Waals surface area (Å²) in [5, 5.41) is 7.37. The average Bonchev–Trinajstić information content (AvgIpc) is 2.47. The molecule has 0 aromatic carbocycles. The fourth-order valence-electron chi connectivity index (χ4n) is 6.25. The van der Waals surface area contributed by atoms with Crippen LogP contribution in [0.2, 0.25) is 0 Å². The van der Waals surface area contributed by atoms with Gasteiger partial charge in [-0.3, -0.25) is 9.59 Å². The molecule has 2 saturated heterocycles. The highest BCUT2D eigenvalue weighted by molar-refractivity contribution is 5.75. The number of nitrogens with one attached hydrogen (secondary N) is 2. The summed E-state index contributed by atoms with van der Waals surface area (Å²) in [6.07, 6.45) is 7.53. The summed E-state index contributed by atoms with van der Waals surface area (Å²) in [5.74, 6) is 0.134. The molecule has 6 nitrogen and oxygen atoms in total. The van der Waals surface area contributed by atoms with Gasteiger partial charge in [0.05, 0.1) is 0 Å². The predicted octanol–water partition coefficient (Wildman–Crippen LogP) is 3.82. The Morgan fingerprint density at radius 3 is 1.48 bits per heavy atom. The molecule has 2 amide bonds. The van der Waals surface area contributed by atoms with Crippen molar-refractivity contribution in [3.05, 3.63) is 12.3 Å². The second-order valence-corrected chi connectivity index (χ2v) is 12.4. The first-order chi connectivity index (χ1) is 13.9. The summed E-state index contributed by atoms with van der Waals surface area (Å²) in [6.45, 7) is 21.4. The molecule has 2 heterocycles. The van der Waals surface area contributed by atoms with Crippen molar-refractivity contribution in [2.45, 2.75) is 129 Å². The lowest BCUT2D eigenvalue weighted by atomic mass is 9.79. The zero-order valence-corrected chi connectivity index (χ0v) is 21.6. The summed E-state index contributed by atoms with van der Waals surface area (Å²) < 4.78 is 0. The Morgan fingerprint density at radius 1 is 0.742 bits per heavy atom. The van der Waals surface area contributed by atoms with Crippen LogP contribution in [0.5, 0.6) is 0 Å². The van der Waals surface area contributed by atoms with E-state index in [-0.39, 0.29) is 46.1 Å². The van der Waals surface area contributed by atoms with Crippen molar-refractivity contribution in [1.29, 1.82) is 0 Å². The molecule has 0 unspecified atom stereocenters. The average molecular weight is 435 g/mol. The molecule has 31 heavy (non-hydrogen) atoms. The van der Waals surface area contributed by atoms with E-state index in [0.29, 0.717) is 6.54 Å². The molecule has 2 N–H and O–H groups in total. The van der Waals surface area contributed by atoms with Gasteiger partial charge in [-0.05, 0) is 87.1 Å². The van der Waals surface area contributed by atoms with Gasteiger partial charge in [0.1, 0.15) is 0 Å². The van der Waals surface area contributed by atoms with Crippen molar-refractivity contribution in [3.63, 3.8) is 0 Å². The first-order valence-electron chi connectivity index (χ1n) is 11.7. The molecule has 2 rings (SSSR count). The number of hydrogen-bond donors (Lipinski definition) is 2. The van der Waals surface area contributed by atoms with Crippen LogP contribution in [0, 0.1) is 0 Å². The zero-order valence-electron chi connectivity index (χ0n) is 21.6. The molecular weight excluding hydrogens is 388 g/mol. The monoisotopic (exact) mass is 434 g/mol. The van der Waals surface area contributed by atoms with Crippen LogP contribution in [-0.2, 0) is 9.59 Å². The van der Waals surface area contributed by atoms with Crippen LogP contribution >= 0.6 is 0 Å². The Hall–Kier alpha value is -1.40. The third-order valence-electron chi connectivity index (χ3n) is 6.51. The summed E-state index contributed by atoms with van der Waals surface area (Å²) in [6, 6.07) is 0.318. The first-order valence-corrected chi connectivity index (χ1v) is 11.7. The molecule has 2 aliphatic rings. The van der Waals surface area contributed by atoms with Crippen LogP contribution in [0.3, 0.4) is 0 Å². The second-order valence-electron chi connectivity index (χ2n) is 12.4. The van der Waals surface area contributed by atoms with Crippen molar-refractivity contribution < 1.29 is 9.59 Å². The number of carbonyl (C=O) groups excluding carboxylic acids is 2. The topological polar surface area (TPSA) is 64.7 Å². The van der Waals surface area contributed by atoms with Gasteiger partial charge in [-0.15, -0.1) is 0 Å². The quantitative estimate of drug-likeness (QED) is 0.690. The summed E-state index contributed by atoms with van der Waals surface area (Å²) >= 11 is 0. The molecule has 2 aliphatic heterocycles. The van der Waals surface area contributed by atoms with E-state index in [1.165, 1.54) is 0 Å². The van der Waals surface area contributed by atoms with Crippen molar-refractivity contribution in [3.8, 4) is 0 Å². The first kappa shape index (κ1) is 25.9. The summed E-state index contributed by atoms with van der Waals surface area (Å²) in [7, 11) is 0. The molecule has 0 aromatic heterocycles. The minimum atomic E-state index is -0.0361. The summed E-state index contributed by atoms with van der Waals surface area (Å²) in [5.41, 5.74) is -0.125. The van der Waals surface area contributed by atoms with Gasteiger partial charge in [0.25, 0.3) is 0 Å². The predicted molar refractivity (Wildman–Crippen MR) is 128 cm³/mol. The van der Waals surface area contributed by atoms with Crippen LogP contribution in [0.4, 0.5) is 0 Å². The molecule has 0 atom stereocenters. The smallest absolute Gasteiger partial charge is 0.223 e. The Kier molecular flexibility index (Phi) is 7.39. The van der Waals surface area contributed by atoms with Crippen molar-refractivity contribution >= 4 is 11.8 Å². The van der Waals surface area contributed by atoms with Gasteiger partial charge in [-0.25, -0.2) is 0 Å². The SMILES string of the molecule is CC(=O)N(C=CCN(C(C)=O)C1CC(C)(C)NC(C)(C)C1)C1CC(C)(C)NC(C)(C)C1. The van der Waals surface area contributed by atoms with Crippen molar-refractivity contribution in [1.82, 2.24) is 20.4 Å². The number of carbonyl (C=O) groups is 2. The van der Waals surface area contributed by atoms with Crippen LogP contribution in [0.25, 0.3) is 0 Å². The van der Waals surface area contributed by atoms with E-state index in [9.17, 15) is 9.59 Å². The van der Waals surface area contributed by atoms with E-state index in [0.717, 1.165) is 25.7 Å². The molecule has 0 bridgehead atoms. The maximum Gasteiger partial charge on any atom is 0.223 e. The molecule has 6 heteroatoms. The van der Waals surface area contributed by atoms with Crippen LogP contribution in [0.1, 0.15) is 94.9 Å². The van der Waals surface area contributed by atoms with Crippen molar-refractivity contribution in [2.75, 3.05) is 6.54 Å². The molecule has 0 radical (unpaired) electrons. The van der Waals surface area contributed by atoms with Gasteiger partial charge in [-0.1, -0.05) is 0 Å². The summed E-state index contributed by atoms with van der Waals surface area (Å²) in [4.78, 5) is 28.9. The van der Waals surface area contributed by atoms with E-state index >= 15 is 0 Å². The lowest BCUT2D eigenvalue weighted by Gasteiger charge is -2.49. The maximum absolute atomic E-state index is 12.5. The Balaban J connectivity index is 2.17. The van der Waals surface area contributed by atoms with E-state index in [4.69, 9.17) is 0 Å². The van der Waals surface area contributed by atoms with Crippen molar-refractivity contribution in [2.24, 2.45) is 0 Å². The molecule has 0 aliphatic carbocycles. The van der Waals surface area contributed by atoms with Gasteiger partial charge in [0, 0.05) is 60.8 Å². The maximum atomic E-state index is 12.5. The van der Waals surface area contributed by atoms with Gasteiger partial charge in [-0.2, -0.15) is 0 Å². The number of nitrogens with zero attached hydrogens (tertiary/aromatic N) is 2. The third-order valence-corrected chi connectivity index (χ3v) is 6.51. The van der Waals surface area contributed by atoms with Crippen LogP contribution in [0.15, 0.2) is 12.3 Å². The van der Waals surface area contributed by atoms with Gasteiger partial charge in [0.15, 0.2) is 0 Å². The van der Waals surface area contributed by atoms with E-state index in [2.05, 4.69) is 66.0 Å². The lowest BCUT2D eigenvalue weighted by Crippen LogP contribution is -2.62. The van der Waals surface area contributed by atoms with Gasteiger partial charge >= 0.3 is 0 Å². The minimum Gasteiger partial charge on any atom is -0.336 e. The van der Waals surface area contributed by atoms with Crippen LogP contribution < -0.4 is 10.6 Å². The molecule has 0 spiro atoms. The fourth-order valence-corrected chi connectivity index (χ4v) is 6.25. The molecule has 178 valence electrons. The number of amides is 2. The Bertz CT molecular complexity index is 676. The highest BCUT2D eigenvalue weighted by Gasteiger charge is 2.41.